The average molecular weight is 421 g/mol. The number of hydrogen-bond donors (Lipinski definition) is 0. The molecule has 1 aliphatic rings. The van der Waals surface area contributed by atoms with Crippen molar-refractivity contribution in [1.82, 2.24) is 0 Å². The van der Waals surface area contributed by atoms with Gasteiger partial charge in [-0.15, -0.1) is 0 Å². The lowest BCUT2D eigenvalue weighted by molar-refractivity contribution is 0.354. The van der Waals surface area contributed by atoms with Crippen LogP contribution in [0.4, 0.5) is 4.39 Å². The lowest BCUT2D eigenvalue weighted by atomic mass is 10.0. The van der Waals surface area contributed by atoms with Crippen molar-refractivity contribution >= 4 is 43.5 Å². The van der Waals surface area contributed by atoms with Crippen LogP contribution in [0.5, 0.6) is 5.75 Å². The molecular formula is C15H10Br2ClFO. The number of alkyl halides is 1. The average Bonchev–Trinajstić information content (AvgIpc) is 2.87. The summed E-state index contributed by atoms with van der Waals surface area (Å²) in [5.41, 5.74) is 2.49. The molecule has 1 heterocycles. The summed E-state index contributed by atoms with van der Waals surface area (Å²) in [5.74, 6) is 0.553. The molecule has 0 amide bonds. The minimum absolute atomic E-state index is 0.262. The van der Waals surface area contributed by atoms with Gasteiger partial charge in [-0.1, -0.05) is 43.5 Å². The molecule has 2 aromatic carbocycles. The van der Waals surface area contributed by atoms with E-state index in [9.17, 15) is 4.39 Å². The Morgan fingerprint density at radius 3 is 2.80 bits per heavy atom. The number of fused-ring (bicyclic) bond motifs is 1. The Hall–Kier alpha value is -0.580. The van der Waals surface area contributed by atoms with Crippen molar-refractivity contribution in [3.05, 3.63) is 62.3 Å². The Morgan fingerprint density at radius 2 is 2.00 bits per heavy atom. The normalized spacial score (nSPS) is 14.8. The van der Waals surface area contributed by atoms with Gasteiger partial charge in [-0.2, -0.15) is 0 Å². The van der Waals surface area contributed by atoms with Gasteiger partial charge in [-0.05, 0) is 35.9 Å². The smallest absolute Gasteiger partial charge is 0.127 e. The molecule has 2 aromatic rings. The molecule has 0 radical (unpaired) electrons. The van der Waals surface area contributed by atoms with E-state index < -0.39 is 0 Å². The minimum Gasteiger partial charge on any atom is -0.493 e. The number of benzene rings is 2. The summed E-state index contributed by atoms with van der Waals surface area (Å²) in [4.78, 5) is -0.300. The van der Waals surface area contributed by atoms with E-state index in [1.165, 1.54) is 6.07 Å². The standard InChI is InChI=1S/C15H10Br2ClFO/c16-9-1-2-13(19)11(6-9)14(17)12-7-10(18)5-8-3-4-20-15(8)12/h1-2,5-7,14H,3-4H2. The molecular weight excluding hydrogens is 410 g/mol. The third kappa shape index (κ3) is 2.61. The molecule has 3 rings (SSSR count). The van der Waals surface area contributed by atoms with Crippen molar-refractivity contribution in [2.45, 2.75) is 11.2 Å². The van der Waals surface area contributed by atoms with E-state index in [0.717, 1.165) is 27.8 Å². The zero-order valence-electron chi connectivity index (χ0n) is 10.3. The van der Waals surface area contributed by atoms with Crippen LogP contribution in [0.1, 0.15) is 21.5 Å². The van der Waals surface area contributed by atoms with Crippen LogP contribution in [0.15, 0.2) is 34.8 Å². The number of hydrogen-bond acceptors (Lipinski definition) is 1. The van der Waals surface area contributed by atoms with Crippen LogP contribution in [-0.4, -0.2) is 6.61 Å². The van der Waals surface area contributed by atoms with Crippen LogP contribution >= 0.6 is 43.5 Å². The van der Waals surface area contributed by atoms with Gasteiger partial charge in [0.1, 0.15) is 11.6 Å². The van der Waals surface area contributed by atoms with Gasteiger partial charge in [-0.3, -0.25) is 0 Å². The molecule has 104 valence electrons. The molecule has 0 spiro atoms. The summed E-state index contributed by atoms with van der Waals surface area (Å²) < 4.78 is 20.5. The van der Waals surface area contributed by atoms with E-state index in [0.29, 0.717) is 17.2 Å². The van der Waals surface area contributed by atoms with Gasteiger partial charge in [0.15, 0.2) is 0 Å². The maximum Gasteiger partial charge on any atom is 0.127 e. The van der Waals surface area contributed by atoms with Gasteiger partial charge in [0.25, 0.3) is 0 Å². The first-order valence-electron chi connectivity index (χ1n) is 6.10. The largest absolute Gasteiger partial charge is 0.493 e. The topological polar surface area (TPSA) is 9.23 Å². The molecule has 0 aliphatic carbocycles. The molecule has 0 saturated heterocycles. The molecule has 1 unspecified atom stereocenters. The summed E-state index contributed by atoms with van der Waals surface area (Å²) in [7, 11) is 0. The lowest BCUT2D eigenvalue weighted by Gasteiger charge is -2.16. The zero-order chi connectivity index (χ0) is 14.3. The quantitative estimate of drug-likeness (QED) is 0.570. The molecule has 20 heavy (non-hydrogen) atoms. The monoisotopic (exact) mass is 418 g/mol. The Bertz CT molecular complexity index is 675. The summed E-state index contributed by atoms with van der Waals surface area (Å²) in [6.07, 6.45) is 0.837. The van der Waals surface area contributed by atoms with Gasteiger partial charge in [-0.25, -0.2) is 4.39 Å². The van der Waals surface area contributed by atoms with Gasteiger partial charge in [0, 0.05) is 27.0 Å². The molecule has 0 aromatic heterocycles. The van der Waals surface area contributed by atoms with Crippen LogP contribution in [-0.2, 0) is 6.42 Å². The Kier molecular flexibility index (Phi) is 4.07. The first-order chi connectivity index (χ1) is 9.56. The molecule has 1 aliphatic heterocycles. The number of rotatable bonds is 2. The van der Waals surface area contributed by atoms with Crippen LogP contribution in [0.3, 0.4) is 0 Å². The summed E-state index contributed by atoms with van der Waals surface area (Å²) in [6.45, 7) is 0.642. The highest BCUT2D eigenvalue weighted by molar-refractivity contribution is 9.10. The molecule has 0 N–H and O–H groups in total. The maximum absolute atomic E-state index is 14.0. The minimum atomic E-state index is -0.300. The van der Waals surface area contributed by atoms with E-state index >= 15 is 0 Å². The second-order valence-corrected chi connectivity index (χ2v) is 6.88. The summed E-state index contributed by atoms with van der Waals surface area (Å²) in [5, 5.41) is 0.643. The van der Waals surface area contributed by atoms with E-state index in [-0.39, 0.29) is 10.6 Å². The highest BCUT2D eigenvalue weighted by atomic mass is 79.9. The van der Waals surface area contributed by atoms with E-state index in [1.54, 1.807) is 12.1 Å². The van der Waals surface area contributed by atoms with Gasteiger partial charge in [0.2, 0.25) is 0 Å². The first-order valence-corrected chi connectivity index (χ1v) is 8.19. The fourth-order valence-electron chi connectivity index (χ4n) is 2.36. The predicted molar refractivity (Wildman–Crippen MR) is 85.5 cm³/mol. The van der Waals surface area contributed by atoms with Gasteiger partial charge < -0.3 is 4.74 Å². The molecule has 1 nitrogen and oxygen atoms in total. The predicted octanol–water partition coefficient (Wildman–Crippen LogP) is 5.66. The lowest BCUT2D eigenvalue weighted by Crippen LogP contribution is -2.00. The van der Waals surface area contributed by atoms with Crippen LogP contribution in [0.2, 0.25) is 5.02 Å². The highest BCUT2D eigenvalue weighted by Crippen LogP contribution is 2.43. The van der Waals surface area contributed by atoms with E-state index in [2.05, 4.69) is 31.9 Å². The molecule has 1 atom stereocenters. The fraction of sp³-hybridized carbons (Fsp3) is 0.200. The van der Waals surface area contributed by atoms with Gasteiger partial charge >= 0.3 is 0 Å². The maximum atomic E-state index is 14.0. The summed E-state index contributed by atoms with van der Waals surface area (Å²) >= 11 is 13.1. The summed E-state index contributed by atoms with van der Waals surface area (Å²) in [6, 6.07) is 8.61. The Labute approximate surface area is 138 Å². The van der Waals surface area contributed by atoms with Crippen LogP contribution in [0.25, 0.3) is 0 Å². The second-order valence-electron chi connectivity index (χ2n) is 4.61. The van der Waals surface area contributed by atoms with Crippen LogP contribution in [0, 0.1) is 5.82 Å². The van der Waals surface area contributed by atoms with Crippen molar-refractivity contribution in [1.29, 1.82) is 0 Å². The van der Waals surface area contributed by atoms with Crippen molar-refractivity contribution in [3.8, 4) is 5.75 Å². The van der Waals surface area contributed by atoms with Crippen LogP contribution < -0.4 is 4.74 Å². The molecule has 0 saturated carbocycles. The van der Waals surface area contributed by atoms with Gasteiger partial charge in [0.05, 0.1) is 11.4 Å². The van der Waals surface area contributed by atoms with Crippen molar-refractivity contribution < 1.29 is 9.13 Å². The number of halogens is 4. The first kappa shape index (κ1) is 14.4. The highest BCUT2D eigenvalue weighted by Gasteiger charge is 2.24. The van der Waals surface area contributed by atoms with Crippen molar-refractivity contribution in [2.24, 2.45) is 0 Å². The molecule has 5 heteroatoms. The molecule has 0 bridgehead atoms. The second kappa shape index (κ2) is 5.66. The van der Waals surface area contributed by atoms with E-state index in [4.69, 9.17) is 16.3 Å². The number of ether oxygens (including phenoxy) is 1. The van der Waals surface area contributed by atoms with Crippen molar-refractivity contribution in [2.75, 3.05) is 6.61 Å². The third-order valence-electron chi connectivity index (χ3n) is 3.28. The van der Waals surface area contributed by atoms with Crippen molar-refractivity contribution in [3.63, 3.8) is 0 Å². The third-order valence-corrected chi connectivity index (χ3v) is 4.98. The SMILES string of the molecule is Fc1ccc(Br)cc1C(Br)c1cc(Cl)cc2c1OCC2. The molecule has 0 fully saturated rings. The fourth-order valence-corrected chi connectivity index (χ4v) is 3.68. The Morgan fingerprint density at radius 1 is 1.20 bits per heavy atom. The zero-order valence-corrected chi connectivity index (χ0v) is 14.2. The Balaban J connectivity index is 2.11. The van der Waals surface area contributed by atoms with E-state index in [1.807, 2.05) is 12.1 Å².